The third-order valence-electron chi connectivity index (χ3n) is 4.74. The highest BCUT2D eigenvalue weighted by atomic mass is 16.6. The van der Waals surface area contributed by atoms with Gasteiger partial charge >= 0.3 is 11.9 Å². The molecule has 1 atom stereocenters. The lowest BCUT2D eigenvalue weighted by atomic mass is 9.67. The van der Waals surface area contributed by atoms with E-state index in [1.165, 1.54) is 14.0 Å². The van der Waals surface area contributed by atoms with Gasteiger partial charge in [-0.05, 0) is 19.9 Å². The average Bonchev–Trinajstić information content (AvgIpc) is 2.94. The van der Waals surface area contributed by atoms with E-state index in [9.17, 15) is 14.4 Å². The van der Waals surface area contributed by atoms with E-state index in [4.69, 9.17) is 24.7 Å². The summed E-state index contributed by atoms with van der Waals surface area (Å²) < 4.78 is 20.8. The minimum absolute atomic E-state index is 0.0666. The maximum Gasteiger partial charge on any atom is 0.341 e. The van der Waals surface area contributed by atoms with E-state index < -0.39 is 23.3 Å². The van der Waals surface area contributed by atoms with Gasteiger partial charge in [0.05, 0.1) is 13.2 Å². The largest absolute Gasteiger partial charge is 0.462 e. The zero-order valence-electron chi connectivity index (χ0n) is 16.4. The number of esters is 2. The number of benzene rings is 1. The Morgan fingerprint density at radius 2 is 1.83 bits per heavy atom. The molecule has 3 rings (SSSR count). The van der Waals surface area contributed by atoms with Gasteiger partial charge in [-0.2, -0.15) is 0 Å². The summed E-state index contributed by atoms with van der Waals surface area (Å²) in [6.45, 7) is 3.28. The zero-order valence-corrected chi connectivity index (χ0v) is 16.4. The molecule has 29 heavy (non-hydrogen) atoms. The van der Waals surface area contributed by atoms with Gasteiger partial charge in [-0.1, -0.05) is 18.2 Å². The number of carbonyl (C=O) groups excluding carboxylic acids is 3. The Kier molecular flexibility index (Phi) is 5.60. The summed E-state index contributed by atoms with van der Waals surface area (Å²) in [6.07, 6.45) is 0. The molecule has 0 aliphatic carbocycles. The summed E-state index contributed by atoms with van der Waals surface area (Å²) in [4.78, 5) is 39.2. The summed E-state index contributed by atoms with van der Waals surface area (Å²) in [7, 11) is 1.46. The summed E-state index contributed by atoms with van der Waals surface area (Å²) >= 11 is 0. The van der Waals surface area contributed by atoms with E-state index in [0.29, 0.717) is 11.3 Å². The van der Waals surface area contributed by atoms with Crippen LogP contribution in [0.1, 0.15) is 19.4 Å². The van der Waals surface area contributed by atoms with Crippen LogP contribution in [0.4, 0.5) is 5.69 Å². The molecule has 9 heteroatoms. The zero-order chi connectivity index (χ0) is 21.2. The van der Waals surface area contributed by atoms with Gasteiger partial charge in [0.25, 0.3) is 0 Å². The molecule has 0 saturated heterocycles. The molecule has 2 aliphatic heterocycles. The normalized spacial score (nSPS) is 20.3. The van der Waals surface area contributed by atoms with Gasteiger partial charge in [0.15, 0.2) is 0 Å². The fraction of sp³-hybridized carbons (Fsp3) is 0.350. The quantitative estimate of drug-likeness (QED) is 0.535. The molecule has 1 aromatic carbocycles. The maximum atomic E-state index is 13.3. The molecular weight excluding hydrogens is 380 g/mol. The van der Waals surface area contributed by atoms with Crippen molar-refractivity contribution in [1.82, 2.24) is 0 Å². The number of rotatable bonds is 6. The SMILES string of the molecule is CCOC(=O)C1=C(C)OC(N)=C(C(=O)OCCOC)[C@@]12C(=O)Nc1ccccc12. The molecule has 2 aliphatic rings. The number of ether oxygens (including phenoxy) is 4. The molecule has 0 aromatic heterocycles. The Morgan fingerprint density at radius 3 is 2.52 bits per heavy atom. The molecule has 0 bridgehead atoms. The van der Waals surface area contributed by atoms with Gasteiger partial charge < -0.3 is 30.0 Å². The average molecular weight is 402 g/mol. The van der Waals surface area contributed by atoms with Crippen molar-refractivity contribution in [2.24, 2.45) is 5.73 Å². The van der Waals surface area contributed by atoms with Gasteiger partial charge in [0.2, 0.25) is 11.8 Å². The molecule has 3 N–H and O–H groups in total. The van der Waals surface area contributed by atoms with Crippen LogP contribution in [-0.4, -0.2) is 44.8 Å². The number of hydrogen-bond acceptors (Lipinski definition) is 8. The van der Waals surface area contributed by atoms with Crippen LogP contribution in [0.15, 0.2) is 47.1 Å². The van der Waals surface area contributed by atoms with Crippen LogP contribution >= 0.6 is 0 Å². The van der Waals surface area contributed by atoms with Gasteiger partial charge in [-0.25, -0.2) is 9.59 Å². The number of anilines is 1. The van der Waals surface area contributed by atoms with E-state index in [0.717, 1.165) is 0 Å². The lowest BCUT2D eigenvalue weighted by Crippen LogP contribution is -2.48. The Bertz CT molecular complexity index is 935. The van der Waals surface area contributed by atoms with Crippen LogP contribution in [0.3, 0.4) is 0 Å². The first-order chi connectivity index (χ1) is 13.9. The van der Waals surface area contributed by atoms with Gasteiger partial charge in [0.1, 0.15) is 28.9 Å². The van der Waals surface area contributed by atoms with Crippen LogP contribution in [0.5, 0.6) is 0 Å². The Hall–Kier alpha value is -3.33. The van der Waals surface area contributed by atoms with Gasteiger partial charge in [-0.15, -0.1) is 0 Å². The van der Waals surface area contributed by atoms with Crippen molar-refractivity contribution < 1.29 is 33.3 Å². The predicted octanol–water partition coefficient (Wildman–Crippen LogP) is 1.10. The number of amides is 1. The first-order valence-corrected chi connectivity index (χ1v) is 9.03. The third kappa shape index (κ3) is 3.13. The number of nitrogens with two attached hydrogens (primary N) is 1. The predicted molar refractivity (Wildman–Crippen MR) is 101 cm³/mol. The second kappa shape index (κ2) is 7.96. The molecule has 0 fully saturated rings. The Morgan fingerprint density at radius 1 is 1.14 bits per heavy atom. The molecule has 0 unspecified atom stereocenters. The first kappa shape index (κ1) is 20.4. The monoisotopic (exact) mass is 402 g/mol. The molecular formula is C20H22N2O7. The molecule has 0 radical (unpaired) electrons. The second-order valence-corrected chi connectivity index (χ2v) is 6.37. The van der Waals surface area contributed by atoms with E-state index in [2.05, 4.69) is 5.32 Å². The van der Waals surface area contributed by atoms with E-state index >= 15 is 0 Å². The van der Waals surface area contributed by atoms with Crippen LogP contribution in [0.2, 0.25) is 0 Å². The van der Waals surface area contributed by atoms with Crippen molar-refractivity contribution in [3.05, 3.63) is 52.6 Å². The molecule has 2 heterocycles. The van der Waals surface area contributed by atoms with Crippen molar-refractivity contribution in [3.8, 4) is 0 Å². The summed E-state index contributed by atoms with van der Waals surface area (Å²) in [5.41, 5.74) is 4.64. The minimum Gasteiger partial charge on any atom is -0.462 e. The third-order valence-corrected chi connectivity index (χ3v) is 4.74. The standard InChI is InChI=1S/C20H22N2O7/c1-4-27-17(23)14-11(2)29-16(21)15(18(24)28-10-9-26-3)20(14)12-7-5-6-8-13(12)22-19(20)25/h5-8H,4,9-10,21H2,1-3H3,(H,22,25)/t20-/m0/s1. The van der Waals surface area contributed by atoms with E-state index in [1.807, 2.05) is 0 Å². The molecule has 1 amide bonds. The topological polar surface area (TPSA) is 126 Å². The number of allylic oxidation sites excluding steroid dienone is 1. The molecule has 9 nitrogen and oxygen atoms in total. The summed E-state index contributed by atoms with van der Waals surface area (Å²) in [5, 5.41) is 2.72. The van der Waals surface area contributed by atoms with Gasteiger partial charge in [-0.3, -0.25) is 4.79 Å². The smallest absolute Gasteiger partial charge is 0.341 e. The first-order valence-electron chi connectivity index (χ1n) is 9.03. The highest BCUT2D eigenvalue weighted by molar-refractivity contribution is 6.21. The van der Waals surface area contributed by atoms with Crippen LogP contribution < -0.4 is 11.1 Å². The number of para-hydroxylation sites is 1. The second-order valence-electron chi connectivity index (χ2n) is 6.37. The fourth-order valence-corrected chi connectivity index (χ4v) is 3.64. The number of methoxy groups -OCH3 is 1. The van der Waals surface area contributed by atoms with Gasteiger partial charge in [0, 0.05) is 18.4 Å². The number of hydrogen-bond donors (Lipinski definition) is 2. The lowest BCUT2D eigenvalue weighted by Gasteiger charge is -2.35. The van der Waals surface area contributed by atoms with Crippen LogP contribution in [0, 0.1) is 0 Å². The van der Waals surface area contributed by atoms with Crippen molar-refractivity contribution in [3.63, 3.8) is 0 Å². The fourth-order valence-electron chi connectivity index (χ4n) is 3.64. The number of nitrogens with one attached hydrogen (secondary N) is 1. The number of carbonyl (C=O) groups is 3. The maximum absolute atomic E-state index is 13.3. The van der Waals surface area contributed by atoms with Crippen LogP contribution in [-0.2, 0) is 38.7 Å². The molecule has 1 spiro atoms. The summed E-state index contributed by atoms with van der Waals surface area (Å²) in [5.74, 6) is -2.54. The summed E-state index contributed by atoms with van der Waals surface area (Å²) in [6, 6.07) is 6.72. The van der Waals surface area contributed by atoms with Crippen molar-refractivity contribution >= 4 is 23.5 Å². The van der Waals surface area contributed by atoms with Crippen LogP contribution in [0.25, 0.3) is 0 Å². The van der Waals surface area contributed by atoms with E-state index in [-0.39, 0.29) is 42.6 Å². The van der Waals surface area contributed by atoms with Crippen molar-refractivity contribution in [2.45, 2.75) is 19.3 Å². The highest BCUT2D eigenvalue weighted by Crippen LogP contribution is 2.52. The molecule has 1 aromatic rings. The molecule has 0 saturated carbocycles. The molecule has 154 valence electrons. The Labute approximate surface area is 167 Å². The highest BCUT2D eigenvalue weighted by Gasteiger charge is 2.61. The van der Waals surface area contributed by atoms with E-state index in [1.54, 1.807) is 31.2 Å². The minimum atomic E-state index is -1.85. The number of fused-ring (bicyclic) bond motifs is 2. The lowest BCUT2D eigenvalue weighted by molar-refractivity contribution is -0.144. The van der Waals surface area contributed by atoms with Crippen molar-refractivity contribution in [1.29, 1.82) is 0 Å². The Balaban J connectivity index is 2.25. The van der Waals surface area contributed by atoms with Crippen molar-refractivity contribution in [2.75, 3.05) is 32.2 Å².